The number of carbonyl (C=O) groups is 2. The molecule has 0 atom stereocenters. The van der Waals surface area contributed by atoms with Crippen LogP contribution in [-0.2, 0) is 9.53 Å². The molecule has 156 valence electrons. The number of piperidine rings is 1. The molecule has 1 aromatic rings. The van der Waals surface area contributed by atoms with Crippen molar-refractivity contribution in [1.29, 1.82) is 0 Å². The van der Waals surface area contributed by atoms with Crippen LogP contribution in [0.15, 0.2) is 24.3 Å². The molecule has 0 unspecified atom stereocenters. The smallest absolute Gasteiger partial charge is 0.411 e. The van der Waals surface area contributed by atoms with Gasteiger partial charge in [-0.25, -0.2) is 0 Å². The van der Waals surface area contributed by atoms with E-state index in [4.69, 9.17) is 4.74 Å². The number of nitrogens with one attached hydrogen (secondary N) is 1. The summed E-state index contributed by atoms with van der Waals surface area (Å²) < 4.78 is 45.7. The Kier molecular flexibility index (Phi) is 8.10. The Labute approximate surface area is 162 Å². The summed E-state index contributed by atoms with van der Waals surface area (Å²) in [5.41, 5.74) is 0.577. The van der Waals surface area contributed by atoms with Crippen LogP contribution in [0.25, 0.3) is 0 Å². The van der Waals surface area contributed by atoms with Crippen LogP contribution in [0, 0.1) is 0 Å². The van der Waals surface area contributed by atoms with Gasteiger partial charge in [0, 0.05) is 31.1 Å². The van der Waals surface area contributed by atoms with Crippen molar-refractivity contribution in [2.75, 3.05) is 32.9 Å². The largest absolute Gasteiger partial charge is 0.494 e. The molecule has 28 heavy (non-hydrogen) atoms. The molecule has 2 rings (SSSR count). The van der Waals surface area contributed by atoms with Gasteiger partial charge in [0.1, 0.15) is 12.4 Å². The lowest BCUT2D eigenvalue weighted by Gasteiger charge is -2.32. The Hall–Kier alpha value is -2.29. The summed E-state index contributed by atoms with van der Waals surface area (Å²) in [6.07, 6.45) is -3.32. The van der Waals surface area contributed by atoms with Gasteiger partial charge in [0.05, 0.1) is 13.2 Å². The second kappa shape index (κ2) is 10.3. The summed E-state index contributed by atoms with van der Waals surface area (Å²) in [6.45, 7) is 1.81. The summed E-state index contributed by atoms with van der Waals surface area (Å²) in [6, 6.07) is 6.86. The molecule has 2 amide bonds. The van der Waals surface area contributed by atoms with Gasteiger partial charge < -0.3 is 19.7 Å². The van der Waals surface area contributed by atoms with Crippen LogP contribution in [0.3, 0.4) is 0 Å². The second-order valence-corrected chi connectivity index (χ2v) is 6.51. The van der Waals surface area contributed by atoms with E-state index in [1.54, 1.807) is 29.2 Å². The van der Waals surface area contributed by atoms with Crippen LogP contribution in [0.4, 0.5) is 13.2 Å². The van der Waals surface area contributed by atoms with E-state index >= 15 is 0 Å². The van der Waals surface area contributed by atoms with Crippen molar-refractivity contribution in [3.63, 3.8) is 0 Å². The van der Waals surface area contributed by atoms with E-state index in [9.17, 15) is 22.8 Å². The third-order valence-electron chi connectivity index (χ3n) is 4.30. The first-order valence-electron chi connectivity index (χ1n) is 9.24. The first-order chi connectivity index (χ1) is 13.3. The number of rotatable bonds is 8. The lowest BCUT2D eigenvalue weighted by atomic mass is 10.0. The van der Waals surface area contributed by atoms with E-state index in [0.717, 1.165) is 0 Å². The van der Waals surface area contributed by atoms with Crippen molar-refractivity contribution < 1.29 is 32.2 Å². The Morgan fingerprint density at radius 2 is 1.82 bits per heavy atom. The maximum Gasteiger partial charge on any atom is 0.411 e. The van der Waals surface area contributed by atoms with Gasteiger partial charge in [0.2, 0.25) is 5.91 Å². The number of likely N-dealkylation sites (tertiary alicyclic amines) is 1. The van der Waals surface area contributed by atoms with Crippen LogP contribution in [0.1, 0.15) is 36.5 Å². The number of hydrogen-bond donors (Lipinski definition) is 1. The van der Waals surface area contributed by atoms with E-state index in [-0.39, 0.29) is 30.9 Å². The molecule has 9 heteroatoms. The SMILES string of the molecule is CCOc1ccc(C(=O)N2CCC(NC(=O)CCOCC(F)(F)F)CC2)cc1. The molecule has 1 N–H and O–H groups in total. The summed E-state index contributed by atoms with van der Waals surface area (Å²) in [5.74, 6) is 0.284. The van der Waals surface area contributed by atoms with Crippen LogP contribution >= 0.6 is 0 Å². The van der Waals surface area contributed by atoms with Crippen LogP contribution in [-0.4, -0.2) is 61.8 Å². The Balaban J connectivity index is 1.70. The van der Waals surface area contributed by atoms with E-state index in [2.05, 4.69) is 10.1 Å². The number of alkyl halides is 3. The summed E-state index contributed by atoms with van der Waals surface area (Å²) in [5, 5.41) is 2.78. The second-order valence-electron chi connectivity index (χ2n) is 6.51. The molecular formula is C19H25F3N2O4. The average molecular weight is 402 g/mol. The minimum Gasteiger partial charge on any atom is -0.494 e. The summed E-state index contributed by atoms with van der Waals surface area (Å²) in [4.78, 5) is 26.1. The Bertz CT molecular complexity index is 642. The third-order valence-corrected chi connectivity index (χ3v) is 4.30. The quantitative estimate of drug-likeness (QED) is 0.679. The minimum absolute atomic E-state index is 0.0756. The molecule has 1 aliphatic rings. The number of ether oxygens (including phenoxy) is 2. The van der Waals surface area contributed by atoms with Gasteiger partial charge >= 0.3 is 6.18 Å². The van der Waals surface area contributed by atoms with Gasteiger partial charge in [-0.05, 0) is 44.0 Å². The van der Waals surface area contributed by atoms with Crippen LogP contribution < -0.4 is 10.1 Å². The summed E-state index contributed by atoms with van der Waals surface area (Å²) >= 11 is 0. The highest BCUT2D eigenvalue weighted by atomic mass is 19.4. The average Bonchev–Trinajstić information content (AvgIpc) is 2.65. The Morgan fingerprint density at radius 1 is 1.18 bits per heavy atom. The number of carbonyl (C=O) groups excluding carboxylic acids is 2. The van der Waals surface area contributed by atoms with Gasteiger partial charge in [0.15, 0.2) is 0 Å². The molecule has 0 spiro atoms. The first-order valence-corrected chi connectivity index (χ1v) is 9.24. The highest BCUT2D eigenvalue weighted by Crippen LogP contribution is 2.17. The summed E-state index contributed by atoms with van der Waals surface area (Å²) in [7, 11) is 0. The highest BCUT2D eigenvalue weighted by Gasteiger charge is 2.28. The molecule has 1 heterocycles. The van der Waals surface area contributed by atoms with Gasteiger partial charge in [-0.1, -0.05) is 0 Å². The molecule has 0 bridgehead atoms. The molecule has 0 aromatic heterocycles. The van der Waals surface area contributed by atoms with Gasteiger partial charge in [-0.3, -0.25) is 9.59 Å². The predicted molar refractivity (Wildman–Crippen MR) is 96.2 cm³/mol. The van der Waals surface area contributed by atoms with Crippen molar-refractivity contribution in [2.45, 2.75) is 38.4 Å². The number of halogens is 3. The molecule has 1 aromatic carbocycles. The fraction of sp³-hybridized carbons (Fsp3) is 0.579. The number of benzene rings is 1. The van der Waals surface area contributed by atoms with E-state index < -0.39 is 12.8 Å². The van der Waals surface area contributed by atoms with E-state index in [1.807, 2.05) is 6.92 Å². The van der Waals surface area contributed by atoms with Crippen molar-refractivity contribution in [1.82, 2.24) is 10.2 Å². The van der Waals surface area contributed by atoms with Crippen molar-refractivity contribution in [3.8, 4) is 5.75 Å². The van der Waals surface area contributed by atoms with Gasteiger partial charge in [-0.15, -0.1) is 0 Å². The monoisotopic (exact) mass is 402 g/mol. The fourth-order valence-electron chi connectivity index (χ4n) is 2.92. The number of amides is 2. The van der Waals surface area contributed by atoms with Crippen LogP contribution in [0.5, 0.6) is 5.75 Å². The standard InChI is InChI=1S/C19H25F3N2O4/c1-2-28-16-5-3-14(4-6-16)18(26)24-10-7-15(8-11-24)23-17(25)9-12-27-13-19(20,21)22/h3-6,15H,2,7-13H2,1H3,(H,23,25). The van der Waals surface area contributed by atoms with Crippen molar-refractivity contribution in [2.24, 2.45) is 0 Å². The third kappa shape index (κ3) is 7.38. The first kappa shape index (κ1) is 22.0. The van der Waals surface area contributed by atoms with Crippen LogP contribution in [0.2, 0.25) is 0 Å². The highest BCUT2D eigenvalue weighted by molar-refractivity contribution is 5.94. The van der Waals surface area contributed by atoms with Gasteiger partial charge in [0.25, 0.3) is 5.91 Å². The topological polar surface area (TPSA) is 67.9 Å². The lowest BCUT2D eigenvalue weighted by molar-refractivity contribution is -0.174. The normalized spacial score (nSPS) is 15.4. The zero-order chi connectivity index (χ0) is 20.6. The molecule has 0 aliphatic carbocycles. The minimum atomic E-state index is -4.39. The fourth-order valence-corrected chi connectivity index (χ4v) is 2.92. The predicted octanol–water partition coefficient (Wildman–Crippen LogP) is 2.78. The van der Waals surface area contributed by atoms with Gasteiger partial charge in [-0.2, -0.15) is 13.2 Å². The Morgan fingerprint density at radius 3 is 2.39 bits per heavy atom. The van der Waals surface area contributed by atoms with Crippen molar-refractivity contribution >= 4 is 11.8 Å². The zero-order valence-electron chi connectivity index (χ0n) is 15.8. The molecule has 6 nitrogen and oxygen atoms in total. The lowest BCUT2D eigenvalue weighted by Crippen LogP contribution is -2.46. The molecule has 1 aliphatic heterocycles. The molecular weight excluding hydrogens is 377 g/mol. The molecule has 1 saturated heterocycles. The number of nitrogens with zero attached hydrogens (tertiary/aromatic N) is 1. The van der Waals surface area contributed by atoms with E-state index in [0.29, 0.717) is 43.9 Å². The zero-order valence-corrected chi connectivity index (χ0v) is 15.8. The molecule has 0 radical (unpaired) electrons. The molecule has 0 saturated carbocycles. The van der Waals surface area contributed by atoms with Crippen molar-refractivity contribution in [3.05, 3.63) is 29.8 Å². The maximum absolute atomic E-state index is 12.5. The molecule has 1 fully saturated rings. The maximum atomic E-state index is 12.5. The van der Waals surface area contributed by atoms with E-state index in [1.165, 1.54) is 0 Å². The number of hydrogen-bond acceptors (Lipinski definition) is 4.